The van der Waals surface area contributed by atoms with Gasteiger partial charge in [0.25, 0.3) is 5.91 Å². The van der Waals surface area contributed by atoms with E-state index in [1.165, 1.54) is 0 Å². The van der Waals surface area contributed by atoms with E-state index >= 15 is 0 Å². The van der Waals surface area contributed by atoms with Crippen molar-refractivity contribution in [3.8, 4) is 0 Å². The predicted molar refractivity (Wildman–Crippen MR) is 91.9 cm³/mol. The molecule has 0 radical (unpaired) electrons. The average molecular weight is 344 g/mol. The second-order valence-corrected chi connectivity index (χ2v) is 6.85. The van der Waals surface area contributed by atoms with Gasteiger partial charge in [-0.2, -0.15) is 10.2 Å². The van der Waals surface area contributed by atoms with Crippen molar-refractivity contribution in [3.05, 3.63) is 35.4 Å². The van der Waals surface area contributed by atoms with E-state index in [-0.39, 0.29) is 36.2 Å². The molecule has 1 N–H and O–H groups in total. The molecule has 0 aliphatic carbocycles. The van der Waals surface area contributed by atoms with E-state index in [1.807, 2.05) is 27.0 Å². The number of aromatic nitrogens is 4. The van der Waals surface area contributed by atoms with Gasteiger partial charge in [0.2, 0.25) is 5.91 Å². The minimum absolute atomic E-state index is 0.00405. The largest absolute Gasteiger partial charge is 0.345 e. The van der Waals surface area contributed by atoms with Crippen LogP contribution >= 0.6 is 0 Å². The molecule has 2 aromatic rings. The van der Waals surface area contributed by atoms with Crippen LogP contribution < -0.4 is 5.32 Å². The van der Waals surface area contributed by atoms with E-state index < -0.39 is 0 Å². The van der Waals surface area contributed by atoms with Crippen LogP contribution in [0, 0.1) is 0 Å². The van der Waals surface area contributed by atoms with Crippen molar-refractivity contribution >= 4 is 11.8 Å². The summed E-state index contributed by atoms with van der Waals surface area (Å²) in [5.74, 6) is 0.0284. The molecule has 2 atom stereocenters. The molecule has 8 nitrogen and oxygen atoms in total. The Hall–Kier alpha value is -2.64. The standard InChI is InChI=1S/C17H24N6O2/c1-10(2)11-8-14(23(5)20-11)17(25)19-12-9-15(24)21(3)16(12)13-6-7-18-22(13)4/h6-8,10,12,16H,9H2,1-5H3,(H,19,25)/t12-,16-/m1/s1. The van der Waals surface area contributed by atoms with Gasteiger partial charge in [0, 0.05) is 33.8 Å². The Morgan fingerprint density at radius 1 is 1.28 bits per heavy atom. The molecule has 25 heavy (non-hydrogen) atoms. The maximum Gasteiger partial charge on any atom is 0.269 e. The smallest absolute Gasteiger partial charge is 0.269 e. The van der Waals surface area contributed by atoms with Crippen molar-refractivity contribution in [1.29, 1.82) is 0 Å². The molecule has 1 saturated heterocycles. The van der Waals surface area contributed by atoms with Gasteiger partial charge >= 0.3 is 0 Å². The van der Waals surface area contributed by atoms with E-state index in [1.54, 1.807) is 40.6 Å². The number of hydrogen-bond acceptors (Lipinski definition) is 4. The Balaban J connectivity index is 1.84. The number of aryl methyl sites for hydroxylation is 2. The van der Waals surface area contributed by atoms with Crippen molar-refractivity contribution in [2.45, 2.75) is 38.3 Å². The molecule has 3 rings (SSSR count). The first-order valence-corrected chi connectivity index (χ1v) is 8.38. The lowest BCUT2D eigenvalue weighted by Crippen LogP contribution is -2.40. The number of hydrogen-bond donors (Lipinski definition) is 1. The fraction of sp³-hybridized carbons (Fsp3) is 0.529. The number of carbonyl (C=O) groups excluding carboxylic acids is 2. The van der Waals surface area contributed by atoms with Crippen LogP contribution in [0.4, 0.5) is 0 Å². The number of nitrogens with zero attached hydrogens (tertiary/aromatic N) is 5. The molecule has 3 heterocycles. The van der Waals surface area contributed by atoms with E-state index in [2.05, 4.69) is 15.5 Å². The second-order valence-electron chi connectivity index (χ2n) is 6.85. The molecule has 0 saturated carbocycles. The van der Waals surface area contributed by atoms with Gasteiger partial charge in [-0.15, -0.1) is 0 Å². The van der Waals surface area contributed by atoms with Crippen LogP contribution in [0.5, 0.6) is 0 Å². The lowest BCUT2D eigenvalue weighted by atomic mass is 10.1. The molecule has 0 bridgehead atoms. The van der Waals surface area contributed by atoms with E-state index in [4.69, 9.17) is 0 Å². The third kappa shape index (κ3) is 3.04. The molecule has 0 unspecified atom stereocenters. The van der Waals surface area contributed by atoms with Crippen molar-refractivity contribution in [2.75, 3.05) is 7.05 Å². The molecule has 8 heteroatoms. The molecular formula is C17H24N6O2. The summed E-state index contributed by atoms with van der Waals surface area (Å²) in [4.78, 5) is 26.6. The minimum atomic E-state index is -0.308. The van der Waals surface area contributed by atoms with Gasteiger partial charge < -0.3 is 10.2 Å². The summed E-state index contributed by atoms with van der Waals surface area (Å²) in [6.45, 7) is 4.07. The summed E-state index contributed by atoms with van der Waals surface area (Å²) in [6.07, 6.45) is 1.97. The topological polar surface area (TPSA) is 85.0 Å². The number of amides is 2. The molecule has 2 aromatic heterocycles. The van der Waals surface area contributed by atoms with Crippen molar-refractivity contribution in [2.24, 2.45) is 14.1 Å². The van der Waals surface area contributed by atoms with E-state index in [9.17, 15) is 9.59 Å². The summed E-state index contributed by atoms with van der Waals surface area (Å²) < 4.78 is 3.32. The summed E-state index contributed by atoms with van der Waals surface area (Å²) >= 11 is 0. The van der Waals surface area contributed by atoms with Crippen LogP contribution in [0.15, 0.2) is 18.3 Å². The third-order valence-corrected chi connectivity index (χ3v) is 4.79. The third-order valence-electron chi connectivity index (χ3n) is 4.79. The number of nitrogens with one attached hydrogen (secondary N) is 1. The normalized spacial score (nSPS) is 20.6. The Labute approximate surface area is 146 Å². The molecule has 1 aliphatic rings. The van der Waals surface area contributed by atoms with Crippen molar-refractivity contribution < 1.29 is 9.59 Å². The molecule has 134 valence electrons. The predicted octanol–water partition coefficient (Wildman–Crippen LogP) is 0.979. The highest BCUT2D eigenvalue weighted by molar-refractivity contribution is 5.93. The van der Waals surface area contributed by atoms with Gasteiger partial charge in [-0.25, -0.2) is 0 Å². The van der Waals surface area contributed by atoms with Gasteiger partial charge in [0.15, 0.2) is 0 Å². The average Bonchev–Trinajstić information content (AvgIpc) is 3.19. The summed E-state index contributed by atoms with van der Waals surface area (Å²) in [6, 6.07) is 3.14. The van der Waals surface area contributed by atoms with Crippen molar-refractivity contribution in [3.63, 3.8) is 0 Å². The molecule has 1 aliphatic heterocycles. The lowest BCUT2D eigenvalue weighted by Gasteiger charge is -2.25. The first-order chi connectivity index (χ1) is 11.8. The Morgan fingerprint density at radius 2 is 2.00 bits per heavy atom. The first kappa shape index (κ1) is 17.2. The SMILES string of the molecule is CC(C)c1cc(C(=O)N[C@@H]2CC(=O)N(C)[C@H]2c2ccnn2C)n(C)n1. The monoisotopic (exact) mass is 344 g/mol. The van der Waals surface area contributed by atoms with Gasteiger partial charge in [0.05, 0.1) is 23.5 Å². The zero-order chi connectivity index (χ0) is 18.3. The number of likely N-dealkylation sites (tertiary alicyclic amines) is 1. The molecule has 0 spiro atoms. The maximum atomic E-state index is 12.7. The van der Waals surface area contributed by atoms with E-state index in [0.717, 1.165) is 11.4 Å². The molecule has 1 fully saturated rings. The highest BCUT2D eigenvalue weighted by Crippen LogP contribution is 2.31. The first-order valence-electron chi connectivity index (χ1n) is 8.38. The summed E-state index contributed by atoms with van der Waals surface area (Å²) in [5.41, 5.74) is 2.26. The highest BCUT2D eigenvalue weighted by Gasteiger charge is 2.41. The number of rotatable bonds is 4. The minimum Gasteiger partial charge on any atom is -0.345 e. The van der Waals surface area contributed by atoms with Crippen molar-refractivity contribution in [1.82, 2.24) is 29.8 Å². The fourth-order valence-corrected chi connectivity index (χ4v) is 3.30. The lowest BCUT2D eigenvalue weighted by molar-refractivity contribution is -0.127. The molecule has 2 amide bonds. The van der Waals surface area contributed by atoms with Gasteiger partial charge in [0.1, 0.15) is 5.69 Å². The van der Waals surface area contributed by atoms with Crippen LogP contribution in [0.3, 0.4) is 0 Å². The number of likely N-dealkylation sites (N-methyl/N-ethyl adjacent to an activating group) is 1. The van der Waals surface area contributed by atoms with Crippen LogP contribution in [-0.2, 0) is 18.9 Å². The number of carbonyl (C=O) groups is 2. The zero-order valence-electron chi connectivity index (χ0n) is 15.2. The molecule has 0 aromatic carbocycles. The maximum absolute atomic E-state index is 12.7. The Bertz CT molecular complexity index is 806. The van der Waals surface area contributed by atoms with Crippen LogP contribution in [0.2, 0.25) is 0 Å². The van der Waals surface area contributed by atoms with Gasteiger partial charge in [-0.3, -0.25) is 19.0 Å². The quantitative estimate of drug-likeness (QED) is 0.896. The van der Waals surface area contributed by atoms with E-state index in [0.29, 0.717) is 5.69 Å². The highest BCUT2D eigenvalue weighted by atomic mass is 16.2. The Morgan fingerprint density at radius 3 is 2.56 bits per heavy atom. The summed E-state index contributed by atoms with van der Waals surface area (Å²) in [5, 5.41) is 11.6. The molecular weight excluding hydrogens is 320 g/mol. The second kappa shape index (κ2) is 6.34. The van der Waals surface area contributed by atoms with Crippen LogP contribution in [-0.4, -0.2) is 49.4 Å². The van der Waals surface area contributed by atoms with Gasteiger partial charge in [-0.1, -0.05) is 13.8 Å². The summed E-state index contributed by atoms with van der Waals surface area (Å²) in [7, 11) is 5.35. The zero-order valence-corrected chi connectivity index (χ0v) is 15.2. The van der Waals surface area contributed by atoms with Gasteiger partial charge in [-0.05, 0) is 18.1 Å². The Kier molecular flexibility index (Phi) is 4.36. The fourth-order valence-electron chi connectivity index (χ4n) is 3.30. The van der Waals surface area contributed by atoms with Crippen LogP contribution in [0.25, 0.3) is 0 Å². The van der Waals surface area contributed by atoms with Crippen LogP contribution in [0.1, 0.15) is 54.1 Å².